The zero-order valence-corrected chi connectivity index (χ0v) is 13.7. The first kappa shape index (κ1) is 15.4. The van der Waals surface area contributed by atoms with Crippen LogP contribution in [-0.2, 0) is 23.9 Å². The molecule has 1 saturated heterocycles. The predicted molar refractivity (Wildman–Crippen MR) is 78.1 cm³/mol. The van der Waals surface area contributed by atoms with Crippen molar-refractivity contribution in [2.45, 2.75) is 64.8 Å². The summed E-state index contributed by atoms with van der Waals surface area (Å²) in [6, 6.07) is 0. The summed E-state index contributed by atoms with van der Waals surface area (Å²) in [5.74, 6) is -0.884. The van der Waals surface area contributed by atoms with Crippen LogP contribution in [0, 0.1) is 11.3 Å². The maximum atomic E-state index is 12.6. The molecule has 120 valence electrons. The van der Waals surface area contributed by atoms with Crippen LogP contribution >= 0.6 is 0 Å². The van der Waals surface area contributed by atoms with Crippen molar-refractivity contribution >= 4 is 17.5 Å². The summed E-state index contributed by atoms with van der Waals surface area (Å²) in [5, 5.41) is 0. The molecule has 0 amide bonds. The zero-order valence-electron chi connectivity index (χ0n) is 13.7. The van der Waals surface area contributed by atoms with Crippen molar-refractivity contribution < 1.29 is 23.9 Å². The molecule has 0 N–H and O–H groups in total. The molecule has 4 atom stereocenters. The normalized spacial score (nSPS) is 42.7. The SMILES string of the molecule is CC(=O)O[C@H]1C(=O)C=C(C)[C@@]23C[C@@H](C(=O)C[C@]12C)C(C)(C)O3. The molecule has 22 heavy (non-hydrogen) atoms. The smallest absolute Gasteiger partial charge is 0.303 e. The van der Waals surface area contributed by atoms with Gasteiger partial charge in [-0.2, -0.15) is 0 Å². The second-order valence-electron chi connectivity index (χ2n) is 7.57. The molecule has 2 bridgehead atoms. The summed E-state index contributed by atoms with van der Waals surface area (Å²) in [4.78, 5) is 36.5. The fraction of sp³-hybridized carbons (Fsp3) is 0.706. The monoisotopic (exact) mass is 306 g/mol. The van der Waals surface area contributed by atoms with Gasteiger partial charge in [0.25, 0.3) is 0 Å². The Bertz CT molecular complexity index is 617. The molecule has 5 nitrogen and oxygen atoms in total. The summed E-state index contributed by atoms with van der Waals surface area (Å²) in [5.41, 5.74) is -1.32. The Morgan fingerprint density at radius 2 is 1.95 bits per heavy atom. The van der Waals surface area contributed by atoms with E-state index in [9.17, 15) is 14.4 Å². The van der Waals surface area contributed by atoms with E-state index in [1.54, 1.807) is 0 Å². The Kier molecular flexibility index (Phi) is 3.00. The van der Waals surface area contributed by atoms with E-state index >= 15 is 0 Å². The number of carbonyl (C=O) groups is 3. The van der Waals surface area contributed by atoms with Gasteiger partial charge in [0, 0.05) is 19.3 Å². The van der Waals surface area contributed by atoms with Crippen LogP contribution < -0.4 is 0 Å². The van der Waals surface area contributed by atoms with Crippen LogP contribution in [0.15, 0.2) is 11.6 Å². The number of carbonyl (C=O) groups excluding carboxylic acids is 3. The summed E-state index contributed by atoms with van der Waals surface area (Å²) >= 11 is 0. The van der Waals surface area contributed by atoms with Crippen LogP contribution in [0.3, 0.4) is 0 Å². The molecule has 5 heteroatoms. The van der Waals surface area contributed by atoms with Crippen molar-refractivity contribution in [3.63, 3.8) is 0 Å². The lowest BCUT2D eigenvalue weighted by atomic mass is 9.54. The Hall–Kier alpha value is -1.49. The number of fused-ring (bicyclic) bond motifs is 1. The number of hydrogen-bond donors (Lipinski definition) is 0. The van der Waals surface area contributed by atoms with Gasteiger partial charge in [0.2, 0.25) is 0 Å². The van der Waals surface area contributed by atoms with Crippen LogP contribution in [0.2, 0.25) is 0 Å². The molecule has 1 spiro atoms. The standard InChI is InChI=1S/C17H22O5/c1-9-6-12(19)14(21-10(2)18)16(5)8-13(20)11-7-17(9,16)22-15(11,3)4/h6,11,14H,7-8H2,1-5H3/t11-,14-,16+,17-/m0/s1. The number of Topliss-reactive ketones (excluding diaryl/α,β-unsaturated/α-hetero) is 1. The minimum absolute atomic E-state index is 0.0836. The number of rotatable bonds is 1. The van der Waals surface area contributed by atoms with Crippen LogP contribution in [0.1, 0.15) is 47.5 Å². The van der Waals surface area contributed by atoms with E-state index in [1.165, 1.54) is 13.0 Å². The molecule has 0 unspecified atom stereocenters. The van der Waals surface area contributed by atoms with Gasteiger partial charge in [-0.3, -0.25) is 14.4 Å². The highest BCUT2D eigenvalue weighted by Crippen LogP contribution is 2.63. The lowest BCUT2D eigenvalue weighted by Gasteiger charge is -2.53. The highest BCUT2D eigenvalue weighted by atomic mass is 16.6. The van der Waals surface area contributed by atoms with Gasteiger partial charge >= 0.3 is 5.97 Å². The van der Waals surface area contributed by atoms with Gasteiger partial charge in [0.15, 0.2) is 11.9 Å². The van der Waals surface area contributed by atoms with E-state index in [0.717, 1.165) is 5.57 Å². The maximum absolute atomic E-state index is 12.6. The molecule has 2 fully saturated rings. The minimum atomic E-state index is -0.965. The molecule has 1 saturated carbocycles. The lowest BCUT2D eigenvalue weighted by molar-refractivity contribution is -0.190. The Balaban J connectivity index is 2.18. The van der Waals surface area contributed by atoms with E-state index in [4.69, 9.17) is 9.47 Å². The Morgan fingerprint density at radius 3 is 2.55 bits per heavy atom. The lowest BCUT2D eigenvalue weighted by Crippen LogP contribution is -2.62. The summed E-state index contributed by atoms with van der Waals surface area (Å²) < 4.78 is 11.7. The minimum Gasteiger partial charge on any atom is -0.453 e. The Morgan fingerprint density at radius 1 is 1.32 bits per heavy atom. The molecule has 1 aliphatic heterocycles. The average Bonchev–Trinajstić information content (AvgIpc) is 2.63. The first-order chi connectivity index (χ1) is 10.0. The van der Waals surface area contributed by atoms with Crippen molar-refractivity contribution in [2.75, 3.05) is 0 Å². The molecule has 0 aromatic heterocycles. The molecule has 3 rings (SSSR count). The largest absolute Gasteiger partial charge is 0.453 e. The van der Waals surface area contributed by atoms with Gasteiger partial charge in [-0.15, -0.1) is 0 Å². The quantitative estimate of drug-likeness (QED) is 0.693. The van der Waals surface area contributed by atoms with Gasteiger partial charge in [0.05, 0.1) is 11.0 Å². The fourth-order valence-corrected chi connectivity index (χ4v) is 4.64. The molecule has 0 radical (unpaired) electrons. The molecular formula is C17H22O5. The van der Waals surface area contributed by atoms with Crippen LogP contribution in [0.25, 0.3) is 0 Å². The van der Waals surface area contributed by atoms with Gasteiger partial charge in [0.1, 0.15) is 11.4 Å². The van der Waals surface area contributed by atoms with Crippen LogP contribution in [0.4, 0.5) is 0 Å². The highest BCUT2D eigenvalue weighted by Gasteiger charge is 2.71. The van der Waals surface area contributed by atoms with E-state index in [2.05, 4.69) is 0 Å². The number of hydrogen-bond acceptors (Lipinski definition) is 5. The summed E-state index contributed by atoms with van der Waals surface area (Å²) in [6.45, 7) is 8.82. The molecule has 2 aliphatic carbocycles. The van der Waals surface area contributed by atoms with Crippen molar-refractivity contribution in [1.82, 2.24) is 0 Å². The molecular weight excluding hydrogens is 284 g/mol. The fourth-order valence-electron chi connectivity index (χ4n) is 4.64. The maximum Gasteiger partial charge on any atom is 0.303 e. The van der Waals surface area contributed by atoms with Crippen LogP contribution in [0.5, 0.6) is 0 Å². The summed E-state index contributed by atoms with van der Waals surface area (Å²) in [7, 11) is 0. The zero-order chi connectivity index (χ0) is 16.5. The third-order valence-corrected chi connectivity index (χ3v) is 5.74. The van der Waals surface area contributed by atoms with Gasteiger partial charge in [-0.1, -0.05) is 6.92 Å². The van der Waals surface area contributed by atoms with Crippen LogP contribution in [-0.4, -0.2) is 34.8 Å². The average molecular weight is 306 g/mol. The second-order valence-corrected chi connectivity index (χ2v) is 7.57. The number of ether oxygens (including phenoxy) is 2. The molecule has 1 heterocycles. The first-order valence-electron chi connectivity index (χ1n) is 7.66. The predicted octanol–water partition coefficient (Wildman–Crippen LogP) is 1.98. The third-order valence-electron chi connectivity index (χ3n) is 5.74. The van der Waals surface area contributed by atoms with Gasteiger partial charge in [-0.25, -0.2) is 0 Å². The van der Waals surface area contributed by atoms with Gasteiger partial charge in [-0.05, 0) is 38.8 Å². The third kappa shape index (κ3) is 1.72. The highest BCUT2D eigenvalue weighted by molar-refractivity contribution is 5.99. The van der Waals surface area contributed by atoms with Gasteiger partial charge < -0.3 is 9.47 Å². The van der Waals surface area contributed by atoms with Crippen molar-refractivity contribution in [3.8, 4) is 0 Å². The Labute approximate surface area is 130 Å². The topological polar surface area (TPSA) is 69.7 Å². The van der Waals surface area contributed by atoms with Crippen molar-refractivity contribution in [2.24, 2.45) is 11.3 Å². The van der Waals surface area contributed by atoms with Crippen molar-refractivity contribution in [1.29, 1.82) is 0 Å². The van der Waals surface area contributed by atoms with E-state index in [0.29, 0.717) is 6.42 Å². The van der Waals surface area contributed by atoms with E-state index in [1.807, 2.05) is 27.7 Å². The molecule has 3 aliphatic rings. The number of esters is 1. The first-order valence-corrected chi connectivity index (χ1v) is 7.66. The molecule has 0 aromatic rings. The number of ketones is 2. The van der Waals surface area contributed by atoms with E-state index in [-0.39, 0.29) is 23.9 Å². The second kappa shape index (κ2) is 4.28. The molecule has 0 aromatic carbocycles. The van der Waals surface area contributed by atoms with E-state index < -0.39 is 28.7 Å². The van der Waals surface area contributed by atoms with Crippen molar-refractivity contribution in [3.05, 3.63) is 11.6 Å². The summed E-state index contributed by atoms with van der Waals surface area (Å²) in [6.07, 6.45) is 1.29.